The normalized spacial score (nSPS) is 20.0. The molecule has 0 saturated carbocycles. The molecule has 1 N–H and O–H groups in total. The van der Waals surface area contributed by atoms with Crippen molar-refractivity contribution in [2.24, 2.45) is 5.41 Å². The summed E-state index contributed by atoms with van der Waals surface area (Å²) >= 11 is 0. The van der Waals surface area contributed by atoms with E-state index in [-0.39, 0.29) is 12.5 Å². The summed E-state index contributed by atoms with van der Waals surface area (Å²) in [6.45, 7) is 2.73. The molecule has 1 aliphatic rings. The van der Waals surface area contributed by atoms with Crippen LogP contribution in [0.5, 0.6) is 0 Å². The lowest BCUT2D eigenvalue weighted by Gasteiger charge is -2.37. The van der Waals surface area contributed by atoms with Crippen LogP contribution in [0.2, 0.25) is 0 Å². The maximum absolute atomic E-state index is 11.2. The van der Waals surface area contributed by atoms with Crippen LogP contribution in [0.4, 0.5) is 0 Å². The molecule has 15 heavy (non-hydrogen) atoms. The van der Waals surface area contributed by atoms with E-state index in [2.05, 4.69) is 0 Å². The van der Waals surface area contributed by atoms with Crippen molar-refractivity contribution >= 4 is 11.9 Å². The second kappa shape index (κ2) is 4.61. The number of hydrogen-bond acceptors (Lipinski definition) is 3. The number of carboxylic acid groups (broad SMARTS) is 1. The summed E-state index contributed by atoms with van der Waals surface area (Å²) in [6, 6.07) is 0. The van der Waals surface area contributed by atoms with Crippen LogP contribution >= 0.6 is 0 Å². The number of nitrogens with zero attached hydrogens (tertiary/aromatic N) is 1. The van der Waals surface area contributed by atoms with Crippen molar-refractivity contribution in [3.05, 3.63) is 0 Å². The van der Waals surface area contributed by atoms with Gasteiger partial charge in [0.2, 0.25) is 5.91 Å². The molecule has 1 amide bonds. The van der Waals surface area contributed by atoms with E-state index in [1.54, 1.807) is 4.90 Å². The number of piperidine rings is 1. The first-order chi connectivity index (χ1) is 7.02. The van der Waals surface area contributed by atoms with Gasteiger partial charge in [-0.2, -0.15) is 0 Å². The lowest BCUT2D eigenvalue weighted by atomic mass is 9.79. The molecule has 0 radical (unpaired) electrons. The molecule has 0 aromatic rings. The van der Waals surface area contributed by atoms with E-state index in [0.717, 1.165) is 0 Å². The second-order valence-corrected chi connectivity index (χ2v) is 4.02. The van der Waals surface area contributed by atoms with Gasteiger partial charge >= 0.3 is 5.97 Å². The Kier molecular flexibility index (Phi) is 3.68. The van der Waals surface area contributed by atoms with Gasteiger partial charge in [-0.25, -0.2) is 0 Å². The number of ether oxygens (including phenoxy) is 1. The maximum Gasteiger partial charge on any atom is 0.312 e. The van der Waals surface area contributed by atoms with Crippen molar-refractivity contribution in [2.75, 3.05) is 26.8 Å². The van der Waals surface area contributed by atoms with Crippen LogP contribution in [0.25, 0.3) is 0 Å². The molecule has 5 nitrogen and oxygen atoms in total. The predicted molar refractivity (Wildman–Crippen MR) is 53.4 cm³/mol. The molecule has 1 aliphatic heterocycles. The van der Waals surface area contributed by atoms with E-state index in [1.807, 2.05) is 0 Å². The number of likely N-dealkylation sites (tertiary alicyclic amines) is 1. The summed E-state index contributed by atoms with van der Waals surface area (Å²) in [5.41, 5.74) is -0.805. The van der Waals surface area contributed by atoms with Crippen molar-refractivity contribution in [2.45, 2.75) is 19.8 Å². The third kappa shape index (κ3) is 2.47. The van der Waals surface area contributed by atoms with Gasteiger partial charge in [-0.15, -0.1) is 0 Å². The molecule has 0 atom stereocenters. The van der Waals surface area contributed by atoms with E-state index in [9.17, 15) is 9.59 Å². The van der Waals surface area contributed by atoms with E-state index in [4.69, 9.17) is 9.84 Å². The minimum Gasteiger partial charge on any atom is -0.481 e. The highest BCUT2D eigenvalue weighted by Gasteiger charge is 2.42. The van der Waals surface area contributed by atoms with Crippen molar-refractivity contribution in [3.8, 4) is 0 Å². The Morgan fingerprint density at radius 1 is 1.40 bits per heavy atom. The first kappa shape index (κ1) is 12.0. The number of carbonyl (C=O) groups is 2. The van der Waals surface area contributed by atoms with Crippen LogP contribution in [-0.2, 0) is 14.3 Å². The number of carboxylic acids is 1. The van der Waals surface area contributed by atoms with Crippen LogP contribution in [-0.4, -0.2) is 48.7 Å². The van der Waals surface area contributed by atoms with E-state index < -0.39 is 11.4 Å². The molecule has 1 heterocycles. The van der Waals surface area contributed by atoms with Crippen LogP contribution < -0.4 is 0 Å². The molecule has 1 fully saturated rings. The minimum atomic E-state index is -0.826. The zero-order chi connectivity index (χ0) is 11.5. The smallest absolute Gasteiger partial charge is 0.312 e. The fraction of sp³-hybridized carbons (Fsp3) is 0.800. The maximum atomic E-state index is 11.2. The summed E-state index contributed by atoms with van der Waals surface area (Å²) in [5, 5.41) is 9.16. The monoisotopic (exact) mass is 215 g/mol. The van der Waals surface area contributed by atoms with E-state index in [1.165, 1.54) is 14.0 Å². The second-order valence-electron chi connectivity index (χ2n) is 4.02. The van der Waals surface area contributed by atoms with Gasteiger partial charge in [0.1, 0.15) is 0 Å². The SMILES string of the molecule is COCC1(C(=O)O)CCN(C(C)=O)CC1. The highest BCUT2D eigenvalue weighted by Crippen LogP contribution is 2.32. The van der Waals surface area contributed by atoms with Crippen LogP contribution in [0, 0.1) is 5.41 Å². The van der Waals surface area contributed by atoms with Crippen LogP contribution in [0.3, 0.4) is 0 Å². The van der Waals surface area contributed by atoms with Gasteiger partial charge < -0.3 is 14.7 Å². The molecule has 1 saturated heterocycles. The summed E-state index contributed by atoms with van der Waals surface area (Å²) in [7, 11) is 1.50. The summed E-state index contributed by atoms with van der Waals surface area (Å²) in [4.78, 5) is 23.9. The number of aliphatic carboxylic acids is 1. The Hall–Kier alpha value is -1.10. The van der Waals surface area contributed by atoms with Crippen molar-refractivity contribution in [1.82, 2.24) is 4.90 Å². The summed E-state index contributed by atoms with van der Waals surface area (Å²) < 4.78 is 4.96. The highest BCUT2D eigenvalue weighted by molar-refractivity contribution is 5.77. The summed E-state index contributed by atoms with van der Waals surface area (Å²) in [6.07, 6.45) is 0.936. The van der Waals surface area contributed by atoms with Gasteiger partial charge in [-0.1, -0.05) is 0 Å². The molecule has 0 bridgehead atoms. The molecule has 0 aliphatic carbocycles. The Labute approximate surface area is 89.0 Å². The fourth-order valence-corrected chi connectivity index (χ4v) is 1.95. The number of methoxy groups -OCH3 is 1. The van der Waals surface area contributed by atoms with Crippen molar-refractivity contribution < 1.29 is 19.4 Å². The van der Waals surface area contributed by atoms with Crippen LogP contribution in [0.15, 0.2) is 0 Å². The first-order valence-electron chi connectivity index (χ1n) is 5.00. The fourth-order valence-electron chi connectivity index (χ4n) is 1.95. The Morgan fingerprint density at radius 2 is 1.93 bits per heavy atom. The lowest BCUT2D eigenvalue weighted by Crippen LogP contribution is -2.48. The minimum absolute atomic E-state index is 0.00593. The number of rotatable bonds is 3. The number of carbonyl (C=O) groups excluding carboxylic acids is 1. The molecule has 0 spiro atoms. The molecule has 0 aromatic heterocycles. The molecule has 86 valence electrons. The number of hydrogen-bond donors (Lipinski definition) is 1. The number of amides is 1. The van der Waals surface area contributed by atoms with E-state index >= 15 is 0 Å². The van der Waals surface area contributed by atoms with Crippen molar-refractivity contribution in [1.29, 1.82) is 0 Å². The third-order valence-electron chi connectivity index (χ3n) is 3.04. The third-order valence-corrected chi connectivity index (χ3v) is 3.04. The van der Waals surface area contributed by atoms with Gasteiger partial charge in [0, 0.05) is 27.1 Å². The Bertz CT molecular complexity index is 256. The molecular weight excluding hydrogens is 198 g/mol. The molecular formula is C10H17NO4. The summed E-state index contributed by atoms with van der Waals surface area (Å²) in [5.74, 6) is -0.820. The van der Waals surface area contributed by atoms with E-state index in [0.29, 0.717) is 25.9 Å². The van der Waals surface area contributed by atoms with Crippen molar-refractivity contribution in [3.63, 3.8) is 0 Å². The molecule has 5 heteroatoms. The highest BCUT2D eigenvalue weighted by atomic mass is 16.5. The Balaban J connectivity index is 2.65. The Morgan fingerprint density at radius 3 is 2.27 bits per heavy atom. The van der Waals surface area contributed by atoms with Gasteiger partial charge in [0.05, 0.1) is 12.0 Å². The zero-order valence-corrected chi connectivity index (χ0v) is 9.15. The van der Waals surface area contributed by atoms with Gasteiger partial charge in [0.15, 0.2) is 0 Å². The van der Waals surface area contributed by atoms with Crippen LogP contribution in [0.1, 0.15) is 19.8 Å². The molecule has 1 rings (SSSR count). The quantitative estimate of drug-likeness (QED) is 0.737. The average Bonchev–Trinajstić information content (AvgIpc) is 2.18. The topological polar surface area (TPSA) is 66.8 Å². The van der Waals surface area contributed by atoms with Gasteiger partial charge in [-0.05, 0) is 12.8 Å². The lowest BCUT2D eigenvalue weighted by molar-refractivity contribution is -0.158. The average molecular weight is 215 g/mol. The molecule has 0 unspecified atom stereocenters. The molecule has 0 aromatic carbocycles. The first-order valence-corrected chi connectivity index (χ1v) is 5.00. The largest absolute Gasteiger partial charge is 0.481 e. The zero-order valence-electron chi connectivity index (χ0n) is 9.15. The van der Waals surface area contributed by atoms with Gasteiger partial charge in [-0.3, -0.25) is 9.59 Å². The predicted octanol–water partition coefficient (Wildman–Crippen LogP) is 0.346. The standard InChI is InChI=1S/C10H17NO4/c1-8(12)11-5-3-10(4-6-11,7-15-2)9(13)14/h3-7H2,1-2H3,(H,13,14). The van der Waals surface area contributed by atoms with Gasteiger partial charge in [0.25, 0.3) is 0 Å².